The number of amides is 1. The molecular weight excluding hydrogens is 304 g/mol. The van der Waals surface area contributed by atoms with Crippen molar-refractivity contribution >= 4 is 11.6 Å². The Morgan fingerprint density at radius 3 is 2.21 bits per heavy atom. The maximum absolute atomic E-state index is 13.0. The number of carbonyl (C=O) groups is 1. The van der Waals surface area contributed by atoms with Crippen LogP contribution < -0.4 is 0 Å². The zero-order valence-corrected chi connectivity index (χ0v) is 14.3. The summed E-state index contributed by atoms with van der Waals surface area (Å²) in [6.45, 7) is 0. The van der Waals surface area contributed by atoms with Gasteiger partial charge in [-0.25, -0.2) is 0 Å². The summed E-state index contributed by atoms with van der Waals surface area (Å²) >= 11 is 0. The SMILES string of the molecule is CN(C)C(=O)C12CC3CC(C1)CC(c1ccc([N+](=O)[O-])cc1)(C3)C2. The highest BCUT2D eigenvalue weighted by Crippen LogP contribution is 2.66. The second-order valence-corrected chi connectivity index (χ2v) is 8.53. The van der Waals surface area contributed by atoms with E-state index in [1.165, 1.54) is 12.0 Å². The lowest BCUT2D eigenvalue weighted by molar-refractivity contribution is -0.384. The second kappa shape index (κ2) is 5.04. The zero-order valence-electron chi connectivity index (χ0n) is 14.3. The maximum atomic E-state index is 13.0. The fourth-order valence-electron chi connectivity index (χ4n) is 6.26. The van der Waals surface area contributed by atoms with Gasteiger partial charge < -0.3 is 4.90 Å². The normalized spacial score (nSPS) is 36.6. The van der Waals surface area contributed by atoms with Gasteiger partial charge in [0.15, 0.2) is 0 Å². The van der Waals surface area contributed by atoms with Crippen LogP contribution in [0.2, 0.25) is 0 Å². The van der Waals surface area contributed by atoms with E-state index in [-0.39, 0.29) is 27.3 Å². The largest absolute Gasteiger partial charge is 0.348 e. The molecule has 0 N–H and O–H groups in total. The summed E-state index contributed by atoms with van der Waals surface area (Å²) < 4.78 is 0. The minimum atomic E-state index is -0.347. The van der Waals surface area contributed by atoms with Gasteiger partial charge in [0.25, 0.3) is 5.69 Å². The number of nitro benzene ring substituents is 1. The molecule has 1 amide bonds. The standard InChI is InChI=1S/C19H24N2O3/c1-20(2)17(22)19-10-13-7-14(11-19)9-18(8-13,12-19)15-3-5-16(6-4-15)21(23)24/h3-6,13-14H,7-12H2,1-2H3. The fraction of sp³-hybridized carbons (Fsp3) is 0.632. The van der Waals surface area contributed by atoms with Gasteiger partial charge in [-0.3, -0.25) is 14.9 Å². The third-order valence-electron chi connectivity index (χ3n) is 6.61. The van der Waals surface area contributed by atoms with Crippen LogP contribution in [-0.2, 0) is 10.2 Å². The molecule has 4 aliphatic rings. The zero-order chi connectivity index (χ0) is 17.1. The smallest absolute Gasteiger partial charge is 0.269 e. The topological polar surface area (TPSA) is 63.5 Å². The third kappa shape index (κ3) is 2.17. The van der Waals surface area contributed by atoms with Crippen LogP contribution in [0.1, 0.15) is 44.1 Å². The van der Waals surface area contributed by atoms with Gasteiger partial charge in [-0.2, -0.15) is 0 Å². The van der Waals surface area contributed by atoms with E-state index >= 15 is 0 Å². The molecule has 0 saturated heterocycles. The van der Waals surface area contributed by atoms with Gasteiger partial charge in [0, 0.05) is 26.2 Å². The minimum absolute atomic E-state index is 0.0326. The molecule has 4 fully saturated rings. The average Bonchev–Trinajstić information content (AvgIpc) is 2.53. The van der Waals surface area contributed by atoms with Crippen molar-refractivity contribution in [3.8, 4) is 0 Å². The molecule has 0 aromatic heterocycles. The second-order valence-electron chi connectivity index (χ2n) is 8.53. The lowest BCUT2D eigenvalue weighted by Crippen LogP contribution is -2.58. The summed E-state index contributed by atoms with van der Waals surface area (Å²) in [7, 11) is 3.72. The van der Waals surface area contributed by atoms with E-state index in [4.69, 9.17) is 0 Å². The summed E-state index contributed by atoms with van der Waals surface area (Å²) in [5, 5.41) is 10.9. The van der Waals surface area contributed by atoms with Crippen LogP contribution in [0, 0.1) is 27.4 Å². The van der Waals surface area contributed by atoms with Crippen molar-refractivity contribution in [1.82, 2.24) is 4.90 Å². The number of hydrogen-bond donors (Lipinski definition) is 0. The van der Waals surface area contributed by atoms with E-state index in [0.717, 1.165) is 32.1 Å². The molecule has 5 heteroatoms. The Labute approximate surface area is 142 Å². The van der Waals surface area contributed by atoms with Gasteiger partial charge in [-0.15, -0.1) is 0 Å². The summed E-state index contributed by atoms with van der Waals surface area (Å²) in [6.07, 6.45) is 6.46. The van der Waals surface area contributed by atoms with Crippen molar-refractivity contribution in [2.24, 2.45) is 17.3 Å². The first-order chi connectivity index (χ1) is 11.3. The Balaban J connectivity index is 1.73. The van der Waals surface area contributed by atoms with Crippen LogP contribution in [0.3, 0.4) is 0 Å². The summed E-state index contributed by atoms with van der Waals surface area (Å²) in [4.78, 5) is 25.3. The average molecular weight is 328 g/mol. The van der Waals surface area contributed by atoms with Crippen molar-refractivity contribution in [3.05, 3.63) is 39.9 Å². The molecule has 0 spiro atoms. The van der Waals surface area contributed by atoms with Gasteiger partial charge in [0.1, 0.15) is 0 Å². The number of nitro groups is 1. The monoisotopic (exact) mass is 328 g/mol. The lowest BCUT2D eigenvalue weighted by Gasteiger charge is -2.62. The van der Waals surface area contributed by atoms with E-state index < -0.39 is 0 Å². The Kier molecular flexibility index (Phi) is 3.28. The highest BCUT2D eigenvalue weighted by molar-refractivity contribution is 5.83. The quantitative estimate of drug-likeness (QED) is 0.630. The summed E-state index contributed by atoms with van der Waals surface area (Å²) in [5.74, 6) is 1.51. The Hall–Kier alpha value is -1.91. The molecule has 1 aromatic rings. The fourth-order valence-corrected chi connectivity index (χ4v) is 6.26. The molecule has 2 unspecified atom stereocenters. The van der Waals surface area contributed by atoms with Gasteiger partial charge in [-0.05, 0) is 61.3 Å². The molecule has 4 aliphatic carbocycles. The number of non-ortho nitro benzene ring substituents is 1. The van der Waals surface area contributed by atoms with Crippen LogP contribution in [0.5, 0.6) is 0 Å². The first-order valence-corrected chi connectivity index (χ1v) is 8.80. The van der Waals surface area contributed by atoms with Crippen LogP contribution >= 0.6 is 0 Å². The number of nitrogens with zero attached hydrogens (tertiary/aromatic N) is 2. The molecule has 0 radical (unpaired) electrons. The van der Waals surface area contributed by atoms with E-state index in [0.29, 0.717) is 11.8 Å². The first-order valence-electron chi connectivity index (χ1n) is 8.80. The molecule has 1 aromatic carbocycles. The maximum Gasteiger partial charge on any atom is 0.269 e. The van der Waals surface area contributed by atoms with E-state index in [1.807, 2.05) is 26.2 Å². The van der Waals surface area contributed by atoms with Crippen LogP contribution in [-0.4, -0.2) is 29.8 Å². The van der Waals surface area contributed by atoms with Crippen molar-refractivity contribution < 1.29 is 9.72 Å². The predicted octanol–water partition coefficient (Wildman–Crippen LogP) is 3.52. The Morgan fingerprint density at radius 2 is 1.71 bits per heavy atom. The Morgan fingerprint density at radius 1 is 1.12 bits per heavy atom. The molecule has 2 atom stereocenters. The number of benzene rings is 1. The van der Waals surface area contributed by atoms with E-state index in [9.17, 15) is 14.9 Å². The minimum Gasteiger partial charge on any atom is -0.348 e. The summed E-state index contributed by atoms with van der Waals surface area (Å²) in [5.41, 5.74) is 1.15. The van der Waals surface area contributed by atoms with Crippen LogP contribution in [0.15, 0.2) is 24.3 Å². The number of carbonyl (C=O) groups excluding carboxylic acids is 1. The van der Waals surface area contributed by atoms with Crippen molar-refractivity contribution in [2.45, 2.75) is 43.9 Å². The molecule has 128 valence electrons. The van der Waals surface area contributed by atoms with Gasteiger partial charge in [0.2, 0.25) is 5.91 Å². The van der Waals surface area contributed by atoms with Gasteiger partial charge in [-0.1, -0.05) is 12.1 Å². The van der Waals surface area contributed by atoms with E-state index in [2.05, 4.69) is 0 Å². The van der Waals surface area contributed by atoms with Crippen molar-refractivity contribution in [3.63, 3.8) is 0 Å². The molecule has 5 nitrogen and oxygen atoms in total. The van der Waals surface area contributed by atoms with Crippen molar-refractivity contribution in [2.75, 3.05) is 14.1 Å². The van der Waals surface area contributed by atoms with Crippen molar-refractivity contribution in [1.29, 1.82) is 0 Å². The molecule has 4 saturated carbocycles. The molecule has 0 aliphatic heterocycles. The molecule has 5 rings (SSSR count). The van der Waals surface area contributed by atoms with Gasteiger partial charge in [0.05, 0.1) is 10.3 Å². The molecule has 24 heavy (non-hydrogen) atoms. The first kappa shape index (κ1) is 15.6. The third-order valence-corrected chi connectivity index (χ3v) is 6.61. The molecule has 0 heterocycles. The highest BCUT2D eigenvalue weighted by Gasteiger charge is 2.61. The molecular formula is C19H24N2O3. The van der Waals surface area contributed by atoms with Gasteiger partial charge >= 0.3 is 0 Å². The van der Waals surface area contributed by atoms with Crippen LogP contribution in [0.25, 0.3) is 0 Å². The Bertz CT molecular complexity index is 681. The predicted molar refractivity (Wildman–Crippen MR) is 90.6 cm³/mol. The lowest BCUT2D eigenvalue weighted by atomic mass is 9.42. The molecule has 4 bridgehead atoms. The number of hydrogen-bond acceptors (Lipinski definition) is 3. The van der Waals surface area contributed by atoms with E-state index in [1.54, 1.807) is 17.0 Å². The summed E-state index contributed by atoms with van der Waals surface area (Å²) in [6, 6.07) is 7.10. The highest BCUT2D eigenvalue weighted by atomic mass is 16.6. The van der Waals surface area contributed by atoms with Crippen LogP contribution in [0.4, 0.5) is 5.69 Å². The number of rotatable bonds is 3.